The molecule has 1 atom stereocenters. The Balaban J connectivity index is 2.14. The lowest BCUT2D eigenvalue weighted by atomic mass is 9.97. The Hall–Kier alpha value is -0.920. The minimum atomic E-state index is -2.43. The van der Waals surface area contributed by atoms with E-state index in [2.05, 4.69) is 0 Å². The first-order chi connectivity index (χ1) is 6.57. The van der Waals surface area contributed by atoms with Crippen molar-refractivity contribution in [3.8, 4) is 0 Å². The van der Waals surface area contributed by atoms with Crippen LogP contribution in [0.3, 0.4) is 0 Å². The SMILES string of the molecule is Cc1ccc([C@H]2CCC(F)(F)C2)cc1. The van der Waals surface area contributed by atoms with E-state index >= 15 is 0 Å². The van der Waals surface area contributed by atoms with Gasteiger partial charge in [0.25, 0.3) is 0 Å². The lowest BCUT2D eigenvalue weighted by Gasteiger charge is -2.10. The summed E-state index contributed by atoms with van der Waals surface area (Å²) in [6.45, 7) is 2.01. The predicted molar refractivity (Wildman–Crippen MR) is 52.7 cm³/mol. The summed E-state index contributed by atoms with van der Waals surface area (Å²) in [6.07, 6.45) is 0.692. The highest BCUT2D eigenvalue weighted by Crippen LogP contribution is 2.43. The van der Waals surface area contributed by atoms with Gasteiger partial charge >= 0.3 is 0 Å². The van der Waals surface area contributed by atoms with Crippen LogP contribution in [0.1, 0.15) is 36.3 Å². The molecule has 2 rings (SSSR count). The highest BCUT2D eigenvalue weighted by atomic mass is 19.3. The molecule has 0 spiro atoms. The summed E-state index contributed by atoms with van der Waals surface area (Å²) in [7, 11) is 0. The van der Waals surface area contributed by atoms with Crippen LogP contribution in [0.2, 0.25) is 0 Å². The molecule has 0 radical (unpaired) electrons. The quantitative estimate of drug-likeness (QED) is 0.639. The van der Waals surface area contributed by atoms with Gasteiger partial charge in [-0.15, -0.1) is 0 Å². The molecule has 1 aliphatic rings. The number of rotatable bonds is 1. The number of halogens is 2. The molecule has 14 heavy (non-hydrogen) atoms. The van der Waals surface area contributed by atoms with Crippen molar-refractivity contribution in [2.45, 2.75) is 38.0 Å². The normalized spacial score (nSPS) is 25.2. The van der Waals surface area contributed by atoms with Crippen molar-refractivity contribution < 1.29 is 8.78 Å². The monoisotopic (exact) mass is 196 g/mol. The molecular weight excluding hydrogens is 182 g/mol. The van der Waals surface area contributed by atoms with Crippen molar-refractivity contribution in [2.24, 2.45) is 0 Å². The molecule has 0 aromatic heterocycles. The van der Waals surface area contributed by atoms with E-state index in [1.165, 1.54) is 5.56 Å². The van der Waals surface area contributed by atoms with E-state index in [1.807, 2.05) is 31.2 Å². The highest BCUT2D eigenvalue weighted by Gasteiger charge is 2.39. The zero-order valence-corrected chi connectivity index (χ0v) is 8.26. The van der Waals surface area contributed by atoms with Crippen LogP contribution >= 0.6 is 0 Å². The number of hydrogen-bond donors (Lipinski definition) is 0. The van der Waals surface area contributed by atoms with Crippen molar-refractivity contribution in [1.29, 1.82) is 0 Å². The molecule has 1 fully saturated rings. The molecule has 1 aromatic rings. The second-order valence-corrected chi connectivity index (χ2v) is 4.21. The Kier molecular flexibility index (Phi) is 2.30. The maximum Gasteiger partial charge on any atom is 0.248 e. The largest absolute Gasteiger partial charge is 0.248 e. The van der Waals surface area contributed by atoms with E-state index in [0.717, 1.165) is 5.56 Å². The van der Waals surface area contributed by atoms with Crippen LogP contribution in [-0.2, 0) is 0 Å². The maximum atomic E-state index is 13.0. The molecule has 0 amide bonds. The van der Waals surface area contributed by atoms with Crippen LogP contribution in [0.25, 0.3) is 0 Å². The summed E-state index contributed by atoms with van der Waals surface area (Å²) in [6, 6.07) is 7.93. The summed E-state index contributed by atoms with van der Waals surface area (Å²) in [5.74, 6) is -2.37. The van der Waals surface area contributed by atoms with E-state index in [0.29, 0.717) is 6.42 Å². The number of alkyl halides is 2. The van der Waals surface area contributed by atoms with Crippen molar-refractivity contribution in [1.82, 2.24) is 0 Å². The van der Waals surface area contributed by atoms with Crippen LogP contribution in [-0.4, -0.2) is 5.92 Å². The first kappa shape index (κ1) is 9.63. The zero-order valence-electron chi connectivity index (χ0n) is 8.26. The van der Waals surface area contributed by atoms with Gasteiger partial charge in [0.15, 0.2) is 0 Å². The summed E-state index contributed by atoms with van der Waals surface area (Å²) in [4.78, 5) is 0. The topological polar surface area (TPSA) is 0 Å². The Morgan fingerprint density at radius 2 is 1.86 bits per heavy atom. The first-order valence-corrected chi connectivity index (χ1v) is 5.01. The Morgan fingerprint density at radius 1 is 1.21 bits per heavy atom. The van der Waals surface area contributed by atoms with Gasteiger partial charge < -0.3 is 0 Å². The summed E-state index contributed by atoms with van der Waals surface area (Å²) >= 11 is 0. The number of hydrogen-bond acceptors (Lipinski definition) is 0. The van der Waals surface area contributed by atoms with Crippen molar-refractivity contribution in [2.75, 3.05) is 0 Å². The predicted octanol–water partition coefficient (Wildman–Crippen LogP) is 3.90. The second kappa shape index (κ2) is 3.34. The smallest absolute Gasteiger partial charge is 0.207 e. The average molecular weight is 196 g/mol. The van der Waals surface area contributed by atoms with Crippen molar-refractivity contribution in [3.05, 3.63) is 35.4 Å². The molecule has 76 valence electrons. The summed E-state index contributed by atoms with van der Waals surface area (Å²) in [5, 5.41) is 0. The van der Waals surface area contributed by atoms with Gasteiger partial charge in [-0.3, -0.25) is 0 Å². The Bertz CT molecular complexity index is 314. The molecule has 0 unspecified atom stereocenters. The van der Waals surface area contributed by atoms with Gasteiger partial charge in [-0.25, -0.2) is 8.78 Å². The van der Waals surface area contributed by atoms with Gasteiger partial charge in [-0.2, -0.15) is 0 Å². The van der Waals surface area contributed by atoms with Gasteiger partial charge in [0.05, 0.1) is 0 Å². The van der Waals surface area contributed by atoms with Gasteiger partial charge in [0.2, 0.25) is 5.92 Å². The molecule has 0 nitrogen and oxygen atoms in total. The number of aryl methyl sites for hydroxylation is 1. The average Bonchev–Trinajstić information content (AvgIpc) is 2.47. The molecular formula is C12H14F2. The molecule has 1 saturated carbocycles. The second-order valence-electron chi connectivity index (χ2n) is 4.21. The van der Waals surface area contributed by atoms with Crippen LogP contribution in [0.4, 0.5) is 8.78 Å². The van der Waals surface area contributed by atoms with Crippen LogP contribution in [0, 0.1) is 6.92 Å². The third-order valence-corrected chi connectivity index (χ3v) is 2.95. The standard InChI is InChI=1S/C12H14F2/c1-9-2-4-10(5-3-9)11-6-7-12(13,14)8-11/h2-5,11H,6-8H2,1H3/t11-/m0/s1. The van der Waals surface area contributed by atoms with E-state index in [9.17, 15) is 8.78 Å². The van der Waals surface area contributed by atoms with E-state index in [-0.39, 0.29) is 18.8 Å². The van der Waals surface area contributed by atoms with Gasteiger partial charge in [0, 0.05) is 12.8 Å². The Morgan fingerprint density at radius 3 is 2.36 bits per heavy atom. The third-order valence-electron chi connectivity index (χ3n) is 2.95. The van der Waals surface area contributed by atoms with Crippen molar-refractivity contribution in [3.63, 3.8) is 0 Å². The van der Waals surface area contributed by atoms with Gasteiger partial charge in [-0.1, -0.05) is 29.8 Å². The van der Waals surface area contributed by atoms with Gasteiger partial charge in [0.1, 0.15) is 0 Å². The van der Waals surface area contributed by atoms with Gasteiger partial charge in [-0.05, 0) is 24.8 Å². The molecule has 1 aromatic carbocycles. The summed E-state index contributed by atoms with van der Waals surface area (Å²) < 4.78 is 25.9. The fraction of sp³-hybridized carbons (Fsp3) is 0.500. The van der Waals surface area contributed by atoms with Crippen LogP contribution < -0.4 is 0 Å². The summed E-state index contributed by atoms with van der Waals surface area (Å²) in [5.41, 5.74) is 2.24. The lowest BCUT2D eigenvalue weighted by Crippen LogP contribution is -2.09. The molecule has 0 bridgehead atoms. The minimum Gasteiger partial charge on any atom is -0.207 e. The minimum absolute atomic E-state index is 0.0239. The van der Waals surface area contributed by atoms with E-state index < -0.39 is 5.92 Å². The molecule has 1 aliphatic carbocycles. The first-order valence-electron chi connectivity index (χ1n) is 5.01. The third kappa shape index (κ3) is 1.94. The van der Waals surface area contributed by atoms with Crippen molar-refractivity contribution >= 4 is 0 Å². The van der Waals surface area contributed by atoms with Crippen LogP contribution in [0.5, 0.6) is 0 Å². The molecule has 0 aliphatic heterocycles. The Labute approximate surface area is 82.9 Å². The van der Waals surface area contributed by atoms with E-state index in [4.69, 9.17) is 0 Å². The maximum absolute atomic E-state index is 13.0. The number of benzene rings is 1. The molecule has 0 heterocycles. The fourth-order valence-corrected chi connectivity index (χ4v) is 2.07. The lowest BCUT2D eigenvalue weighted by molar-refractivity contribution is 0.00777. The molecule has 0 saturated heterocycles. The van der Waals surface area contributed by atoms with E-state index in [1.54, 1.807) is 0 Å². The highest BCUT2D eigenvalue weighted by molar-refractivity contribution is 5.25. The zero-order chi connectivity index (χ0) is 10.2. The fourth-order valence-electron chi connectivity index (χ4n) is 2.07. The van der Waals surface area contributed by atoms with Crippen LogP contribution in [0.15, 0.2) is 24.3 Å². The molecule has 2 heteroatoms. The molecule has 0 N–H and O–H groups in total.